The molecule has 2 heteroatoms. The third-order valence-corrected chi connectivity index (χ3v) is 1.18. The van der Waals surface area contributed by atoms with E-state index in [1.54, 1.807) is 12.4 Å². The van der Waals surface area contributed by atoms with E-state index in [0.29, 0.717) is 0 Å². The molecular weight excluding hydrogens is 124 g/mol. The van der Waals surface area contributed by atoms with Gasteiger partial charge in [-0.25, -0.2) is 0 Å². The van der Waals surface area contributed by atoms with Crippen LogP contribution in [0.25, 0.3) is 0 Å². The number of hydrogen-bond acceptors (Lipinski definition) is 2. The van der Waals surface area contributed by atoms with E-state index < -0.39 is 0 Å². The number of hydrogen-bond donors (Lipinski definition) is 0. The molecule has 0 spiro atoms. The van der Waals surface area contributed by atoms with Gasteiger partial charge in [0, 0.05) is 32.2 Å². The Hall–Kier alpha value is -1.05. The SMILES string of the molecule is C.CN(C)c1ccncc1. The van der Waals surface area contributed by atoms with E-state index in [1.807, 2.05) is 31.1 Å². The molecule has 0 saturated carbocycles. The van der Waals surface area contributed by atoms with E-state index in [2.05, 4.69) is 4.98 Å². The van der Waals surface area contributed by atoms with E-state index in [9.17, 15) is 0 Å². The molecule has 0 amide bonds. The summed E-state index contributed by atoms with van der Waals surface area (Å²) < 4.78 is 0. The van der Waals surface area contributed by atoms with Crippen LogP contribution in [-0.2, 0) is 0 Å². The highest BCUT2D eigenvalue weighted by molar-refractivity contribution is 5.42. The van der Waals surface area contributed by atoms with Crippen LogP contribution in [0.3, 0.4) is 0 Å². The van der Waals surface area contributed by atoms with Gasteiger partial charge in [0.05, 0.1) is 0 Å². The summed E-state index contributed by atoms with van der Waals surface area (Å²) in [4.78, 5) is 5.94. The summed E-state index contributed by atoms with van der Waals surface area (Å²) >= 11 is 0. The molecule has 0 unspecified atom stereocenters. The van der Waals surface area contributed by atoms with Crippen molar-refractivity contribution in [1.29, 1.82) is 0 Å². The van der Waals surface area contributed by atoms with E-state index in [-0.39, 0.29) is 7.43 Å². The molecule has 1 rings (SSSR count). The summed E-state index contributed by atoms with van der Waals surface area (Å²) in [6.07, 6.45) is 3.57. The van der Waals surface area contributed by atoms with Crippen LogP contribution in [0, 0.1) is 0 Å². The van der Waals surface area contributed by atoms with Crippen LogP contribution in [0.5, 0.6) is 0 Å². The summed E-state index contributed by atoms with van der Waals surface area (Å²) in [6.45, 7) is 0. The van der Waals surface area contributed by atoms with Crippen molar-refractivity contribution < 1.29 is 0 Å². The molecule has 2 nitrogen and oxygen atoms in total. The van der Waals surface area contributed by atoms with Gasteiger partial charge in [-0.05, 0) is 12.1 Å². The predicted molar refractivity (Wildman–Crippen MR) is 45.3 cm³/mol. The maximum absolute atomic E-state index is 3.90. The van der Waals surface area contributed by atoms with Crippen molar-refractivity contribution in [3.8, 4) is 0 Å². The standard InChI is InChI=1S/C7H10N2.CH4/c1-9(2)7-3-5-8-6-4-7;/h3-6H,1-2H3;1H4. The average Bonchev–Trinajstić information content (AvgIpc) is 1.90. The fourth-order valence-electron chi connectivity index (χ4n) is 0.642. The zero-order chi connectivity index (χ0) is 6.69. The van der Waals surface area contributed by atoms with E-state index >= 15 is 0 Å². The molecule has 1 aromatic heterocycles. The molecular formula is C8H14N2. The number of nitrogens with zero attached hydrogens (tertiary/aromatic N) is 2. The Balaban J connectivity index is 0.000000810. The molecule has 1 aromatic rings. The fourth-order valence-corrected chi connectivity index (χ4v) is 0.642. The van der Waals surface area contributed by atoms with Crippen LogP contribution in [-0.4, -0.2) is 19.1 Å². The lowest BCUT2D eigenvalue weighted by Gasteiger charge is -2.10. The molecule has 0 radical (unpaired) electrons. The van der Waals surface area contributed by atoms with Crippen LogP contribution in [0.15, 0.2) is 24.5 Å². The second kappa shape index (κ2) is 3.88. The minimum Gasteiger partial charge on any atom is -0.378 e. The third kappa shape index (κ3) is 2.05. The van der Waals surface area contributed by atoms with E-state index in [4.69, 9.17) is 0 Å². The Kier molecular flexibility index (Phi) is 3.47. The van der Waals surface area contributed by atoms with E-state index in [1.165, 1.54) is 5.69 Å². The molecule has 0 saturated heterocycles. The topological polar surface area (TPSA) is 16.1 Å². The molecule has 0 atom stereocenters. The Morgan fingerprint density at radius 1 is 1.20 bits per heavy atom. The molecule has 56 valence electrons. The van der Waals surface area contributed by atoms with Crippen LogP contribution in [0.2, 0.25) is 0 Å². The van der Waals surface area contributed by atoms with Crippen LogP contribution >= 0.6 is 0 Å². The minimum absolute atomic E-state index is 0. The Morgan fingerprint density at radius 3 is 2.00 bits per heavy atom. The monoisotopic (exact) mass is 138 g/mol. The van der Waals surface area contributed by atoms with Crippen molar-refractivity contribution in [1.82, 2.24) is 4.98 Å². The van der Waals surface area contributed by atoms with Gasteiger partial charge in [0.2, 0.25) is 0 Å². The zero-order valence-electron chi connectivity index (χ0n) is 5.70. The average molecular weight is 138 g/mol. The fraction of sp³-hybridized carbons (Fsp3) is 0.375. The van der Waals surface area contributed by atoms with Gasteiger partial charge in [0.15, 0.2) is 0 Å². The Morgan fingerprint density at radius 2 is 1.70 bits per heavy atom. The summed E-state index contributed by atoms with van der Waals surface area (Å²) in [5.74, 6) is 0. The van der Waals surface area contributed by atoms with Crippen molar-refractivity contribution in [3.05, 3.63) is 24.5 Å². The van der Waals surface area contributed by atoms with Gasteiger partial charge in [0.25, 0.3) is 0 Å². The first-order valence-electron chi connectivity index (χ1n) is 2.88. The highest BCUT2D eigenvalue weighted by Gasteiger charge is 1.88. The van der Waals surface area contributed by atoms with Gasteiger partial charge in [0.1, 0.15) is 0 Å². The Labute approximate surface area is 62.5 Å². The Bertz CT molecular complexity index is 170. The lowest BCUT2D eigenvalue weighted by Crippen LogP contribution is -2.07. The first-order valence-corrected chi connectivity index (χ1v) is 2.88. The van der Waals surface area contributed by atoms with Crippen molar-refractivity contribution in [2.75, 3.05) is 19.0 Å². The maximum Gasteiger partial charge on any atom is 0.0391 e. The molecule has 0 fully saturated rings. The van der Waals surface area contributed by atoms with Gasteiger partial charge in [-0.1, -0.05) is 7.43 Å². The van der Waals surface area contributed by atoms with Crippen molar-refractivity contribution >= 4 is 5.69 Å². The van der Waals surface area contributed by atoms with Crippen molar-refractivity contribution in [2.24, 2.45) is 0 Å². The van der Waals surface area contributed by atoms with Crippen LogP contribution < -0.4 is 4.90 Å². The highest BCUT2D eigenvalue weighted by atomic mass is 15.1. The number of rotatable bonds is 1. The van der Waals surface area contributed by atoms with Gasteiger partial charge in [-0.2, -0.15) is 0 Å². The molecule has 0 aromatic carbocycles. The van der Waals surface area contributed by atoms with Crippen molar-refractivity contribution in [3.63, 3.8) is 0 Å². The number of aromatic nitrogens is 1. The second-order valence-corrected chi connectivity index (χ2v) is 2.10. The van der Waals surface area contributed by atoms with Gasteiger partial charge >= 0.3 is 0 Å². The molecule has 0 aliphatic heterocycles. The second-order valence-electron chi connectivity index (χ2n) is 2.10. The minimum atomic E-state index is 0. The quantitative estimate of drug-likeness (QED) is 0.588. The molecule has 0 aliphatic rings. The lowest BCUT2D eigenvalue weighted by atomic mass is 10.4. The molecule has 1 heterocycles. The summed E-state index contributed by atoms with van der Waals surface area (Å²) in [6, 6.07) is 3.94. The molecule has 0 N–H and O–H groups in total. The highest BCUT2D eigenvalue weighted by Crippen LogP contribution is 2.05. The molecule has 0 bridgehead atoms. The smallest absolute Gasteiger partial charge is 0.0391 e. The molecule has 0 aliphatic carbocycles. The third-order valence-electron chi connectivity index (χ3n) is 1.18. The maximum atomic E-state index is 3.90. The van der Waals surface area contributed by atoms with Gasteiger partial charge in [-0.15, -0.1) is 0 Å². The number of anilines is 1. The first kappa shape index (κ1) is 8.95. The predicted octanol–water partition coefficient (Wildman–Crippen LogP) is 1.78. The van der Waals surface area contributed by atoms with E-state index in [0.717, 1.165) is 0 Å². The van der Waals surface area contributed by atoms with Gasteiger partial charge in [-0.3, -0.25) is 4.98 Å². The lowest BCUT2D eigenvalue weighted by molar-refractivity contribution is 1.12. The normalized spacial score (nSPS) is 8.20. The summed E-state index contributed by atoms with van der Waals surface area (Å²) in [7, 11) is 4.02. The van der Waals surface area contributed by atoms with Crippen LogP contribution in [0.1, 0.15) is 7.43 Å². The summed E-state index contributed by atoms with van der Waals surface area (Å²) in [5.41, 5.74) is 1.19. The van der Waals surface area contributed by atoms with Crippen molar-refractivity contribution in [2.45, 2.75) is 7.43 Å². The van der Waals surface area contributed by atoms with Gasteiger partial charge < -0.3 is 4.90 Å². The number of pyridine rings is 1. The molecule has 10 heavy (non-hydrogen) atoms. The van der Waals surface area contributed by atoms with Crippen LogP contribution in [0.4, 0.5) is 5.69 Å². The largest absolute Gasteiger partial charge is 0.378 e. The summed E-state index contributed by atoms with van der Waals surface area (Å²) in [5, 5.41) is 0. The zero-order valence-corrected chi connectivity index (χ0v) is 5.70. The first-order chi connectivity index (χ1) is 4.30.